The van der Waals surface area contributed by atoms with E-state index in [1.54, 1.807) is 0 Å². The number of piperazine rings is 1. The van der Waals surface area contributed by atoms with Gasteiger partial charge < -0.3 is 4.90 Å². The van der Waals surface area contributed by atoms with Gasteiger partial charge in [0.25, 0.3) is 0 Å². The average molecular weight is 258 g/mol. The van der Waals surface area contributed by atoms with Crippen LogP contribution in [-0.4, -0.2) is 42.5 Å². The summed E-state index contributed by atoms with van der Waals surface area (Å²) in [4.78, 5) is 5.26. The largest absolute Gasteiger partial charge is 0.301 e. The lowest BCUT2D eigenvalue weighted by Gasteiger charge is -2.34. The van der Waals surface area contributed by atoms with Gasteiger partial charge in [0.05, 0.1) is 0 Å². The Morgan fingerprint density at radius 2 is 1.47 bits per heavy atom. The van der Waals surface area contributed by atoms with Crippen LogP contribution < -0.4 is 0 Å². The molecule has 1 aromatic carbocycles. The van der Waals surface area contributed by atoms with E-state index in [2.05, 4.69) is 41.0 Å². The van der Waals surface area contributed by atoms with E-state index in [0.717, 1.165) is 18.9 Å². The normalized spacial score (nSPS) is 21.7. The zero-order chi connectivity index (χ0) is 13.1. The summed E-state index contributed by atoms with van der Waals surface area (Å²) in [6, 6.07) is 9.15. The quantitative estimate of drug-likeness (QED) is 0.801. The lowest BCUT2D eigenvalue weighted by Crippen LogP contribution is -2.46. The van der Waals surface area contributed by atoms with Crippen molar-refractivity contribution in [2.75, 3.05) is 32.7 Å². The van der Waals surface area contributed by atoms with Gasteiger partial charge >= 0.3 is 0 Å². The van der Waals surface area contributed by atoms with Gasteiger partial charge in [-0.15, -0.1) is 0 Å². The van der Waals surface area contributed by atoms with E-state index < -0.39 is 0 Å². The molecule has 2 nitrogen and oxygen atoms in total. The molecular formula is C17H26N2. The zero-order valence-electron chi connectivity index (χ0n) is 12.1. The van der Waals surface area contributed by atoms with Gasteiger partial charge in [0.2, 0.25) is 0 Å². The summed E-state index contributed by atoms with van der Waals surface area (Å²) in [5, 5.41) is 0. The minimum Gasteiger partial charge on any atom is -0.301 e. The van der Waals surface area contributed by atoms with Gasteiger partial charge in [-0.3, -0.25) is 4.90 Å². The summed E-state index contributed by atoms with van der Waals surface area (Å²) < 4.78 is 0. The molecule has 1 aromatic rings. The van der Waals surface area contributed by atoms with E-state index >= 15 is 0 Å². The van der Waals surface area contributed by atoms with Gasteiger partial charge in [-0.1, -0.05) is 31.2 Å². The Bertz CT molecular complexity index is 386. The zero-order valence-corrected chi connectivity index (χ0v) is 12.1. The number of nitrogens with zero attached hydrogens (tertiary/aromatic N) is 2. The van der Waals surface area contributed by atoms with Crippen molar-refractivity contribution in [3.8, 4) is 0 Å². The molecule has 1 aliphatic carbocycles. The SMILES string of the molecule is CCc1ccc(CN2CCN(CC3CC3)CC2)cc1. The number of aryl methyl sites for hydroxylation is 1. The van der Waals surface area contributed by atoms with Crippen molar-refractivity contribution in [3.05, 3.63) is 35.4 Å². The lowest BCUT2D eigenvalue weighted by molar-refractivity contribution is 0.123. The van der Waals surface area contributed by atoms with Gasteiger partial charge in [0.1, 0.15) is 0 Å². The van der Waals surface area contributed by atoms with Gasteiger partial charge in [0.15, 0.2) is 0 Å². The van der Waals surface area contributed by atoms with Crippen molar-refractivity contribution in [2.45, 2.75) is 32.7 Å². The molecule has 1 saturated carbocycles. The molecule has 1 aliphatic heterocycles. The van der Waals surface area contributed by atoms with Crippen LogP contribution in [0.4, 0.5) is 0 Å². The Balaban J connectivity index is 1.45. The smallest absolute Gasteiger partial charge is 0.0234 e. The third-order valence-corrected chi connectivity index (χ3v) is 4.52. The standard InChI is InChI=1S/C17H26N2/c1-2-15-3-5-16(6-4-15)13-18-9-11-19(12-10-18)14-17-7-8-17/h3-6,17H,2,7-14H2,1H3. The molecule has 0 aromatic heterocycles. The van der Waals surface area contributed by atoms with E-state index in [9.17, 15) is 0 Å². The van der Waals surface area contributed by atoms with E-state index in [-0.39, 0.29) is 0 Å². The Kier molecular flexibility index (Phi) is 4.19. The predicted octanol–water partition coefficient (Wildman–Crippen LogP) is 2.78. The summed E-state index contributed by atoms with van der Waals surface area (Å²) >= 11 is 0. The van der Waals surface area contributed by atoms with E-state index in [0.29, 0.717) is 0 Å². The summed E-state index contributed by atoms with van der Waals surface area (Å²) in [5.74, 6) is 1.04. The van der Waals surface area contributed by atoms with Crippen molar-refractivity contribution in [3.63, 3.8) is 0 Å². The van der Waals surface area contributed by atoms with E-state index in [1.165, 1.54) is 56.7 Å². The Morgan fingerprint density at radius 3 is 2.05 bits per heavy atom. The molecule has 0 amide bonds. The predicted molar refractivity (Wildman–Crippen MR) is 80.3 cm³/mol. The Labute approximate surface area is 117 Å². The number of benzene rings is 1. The van der Waals surface area contributed by atoms with Crippen LogP contribution in [0.15, 0.2) is 24.3 Å². The minimum atomic E-state index is 1.04. The topological polar surface area (TPSA) is 6.48 Å². The van der Waals surface area contributed by atoms with Gasteiger partial charge in [-0.05, 0) is 36.3 Å². The Hall–Kier alpha value is -0.860. The van der Waals surface area contributed by atoms with Crippen molar-refractivity contribution in [2.24, 2.45) is 5.92 Å². The number of hydrogen-bond donors (Lipinski definition) is 0. The molecule has 0 spiro atoms. The number of hydrogen-bond acceptors (Lipinski definition) is 2. The second-order valence-corrected chi connectivity index (χ2v) is 6.19. The maximum Gasteiger partial charge on any atom is 0.0234 e. The summed E-state index contributed by atoms with van der Waals surface area (Å²) in [6.07, 6.45) is 4.09. The molecule has 3 rings (SSSR count). The van der Waals surface area contributed by atoms with Crippen LogP contribution in [0.3, 0.4) is 0 Å². The lowest BCUT2D eigenvalue weighted by atomic mass is 10.1. The first-order valence-corrected chi connectivity index (χ1v) is 7.86. The summed E-state index contributed by atoms with van der Waals surface area (Å²) in [5.41, 5.74) is 2.91. The molecule has 0 unspecified atom stereocenters. The molecule has 2 fully saturated rings. The maximum absolute atomic E-state index is 2.66. The molecule has 2 heteroatoms. The van der Waals surface area contributed by atoms with Gasteiger partial charge in [-0.25, -0.2) is 0 Å². The van der Waals surface area contributed by atoms with Crippen LogP contribution >= 0.6 is 0 Å². The molecule has 0 N–H and O–H groups in total. The fourth-order valence-corrected chi connectivity index (χ4v) is 2.93. The summed E-state index contributed by atoms with van der Waals surface area (Å²) in [6.45, 7) is 9.71. The second kappa shape index (κ2) is 6.06. The van der Waals surface area contributed by atoms with Gasteiger partial charge in [-0.2, -0.15) is 0 Å². The molecule has 0 atom stereocenters. The van der Waals surface area contributed by atoms with Crippen molar-refractivity contribution < 1.29 is 0 Å². The molecule has 1 saturated heterocycles. The molecule has 19 heavy (non-hydrogen) atoms. The molecule has 104 valence electrons. The van der Waals surface area contributed by atoms with Crippen LogP contribution in [0, 0.1) is 5.92 Å². The van der Waals surface area contributed by atoms with Crippen molar-refractivity contribution >= 4 is 0 Å². The Morgan fingerprint density at radius 1 is 0.895 bits per heavy atom. The van der Waals surface area contributed by atoms with E-state index in [1.807, 2.05) is 0 Å². The van der Waals surface area contributed by atoms with Crippen LogP contribution in [0.1, 0.15) is 30.9 Å². The fourth-order valence-electron chi connectivity index (χ4n) is 2.93. The third-order valence-electron chi connectivity index (χ3n) is 4.52. The van der Waals surface area contributed by atoms with Crippen LogP contribution in [0.5, 0.6) is 0 Å². The molecule has 0 bridgehead atoms. The van der Waals surface area contributed by atoms with Crippen LogP contribution in [0.25, 0.3) is 0 Å². The van der Waals surface area contributed by atoms with Crippen molar-refractivity contribution in [1.29, 1.82) is 0 Å². The highest BCUT2D eigenvalue weighted by Gasteiger charge is 2.26. The van der Waals surface area contributed by atoms with E-state index in [4.69, 9.17) is 0 Å². The first-order valence-electron chi connectivity index (χ1n) is 7.86. The first-order chi connectivity index (χ1) is 9.33. The number of rotatable bonds is 5. The second-order valence-electron chi connectivity index (χ2n) is 6.19. The first kappa shape index (κ1) is 13.1. The molecule has 0 radical (unpaired) electrons. The van der Waals surface area contributed by atoms with Crippen molar-refractivity contribution in [1.82, 2.24) is 9.80 Å². The molecule has 2 aliphatic rings. The van der Waals surface area contributed by atoms with Crippen LogP contribution in [-0.2, 0) is 13.0 Å². The maximum atomic E-state index is 2.66. The highest BCUT2D eigenvalue weighted by molar-refractivity contribution is 5.22. The average Bonchev–Trinajstić information content (AvgIpc) is 3.26. The molecular weight excluding hydrogens is 232 g/mol. The summed E-state index contributed by atoms with van der Waals surface area (Å²) in [7, 11) is 0. The minimum absolute atomic E-state index is 1.04. The van der Waals surface area contributed by atoms with Gasteiger partial charge in [0, 0.05) is 39.3 Å². The van der Waals surface area contributed by atoms with Crippen LogP contribution in [0.2, 0.25) is 0 Å². The monoisotopic (exact) mass is 258 g/mol. The fraction of sp³-hybridized carbons (Fsp3) is 0.647. The highest BCUT2D eigenvalue weighted by Crippen LogP contribution is 2.29. The highest BCUT2D eigenvalue weighted by atomic mass is 15.3. The molecule has 1 heterocycles. The third kappa shape index (κ3) is 3.80.